The van der Waals surface area contributed by atoms with Gasteiger partial charge in [-0.25, -0.2) is 0 Å². The number of halogens is 1. The van der Waals surface area contributed by atoms with Gasteiger partial charge in [0.25, 0.3) is 0 Å². The molecule has 0 aromatic carbocycles. The SMILES string of the molecule is Cc1cn(C(C)C)nc1CCl. The van der Waals surface area contributed by atoms with Crippen molar-refractivity contribution >= 4 is 11.6 Å². The zero-order valence-electron chi connectivity index (χ0n) is 7.13. The number of hydrogen-bond donors (Lipinski definition) is 0. The molecule has 1 aromatic rings. The molecular weight excluding hydrogens is 160 g/mol. The third-order valence-electron chi connectivity index (χ3n) is 1.67. The van der Waals surface area contributed by atoms with Crippen molar-refractivity contribution in [3.05, 3.63) is 17.5 Å². The second kappa shape index (κ2) is 3.26. The minimum absolute atomic E-state index is 0.422. The van der Waals surface area contributed by atoms with Crippen molar-refractivity contribution in [2.75, 3.05) is 0 Å². The standard InChI is InChI=1S/C8H13ClN2/c1-6(2)11-5-7(3)8(4-9)10-11/h5-6H,4H2,1-3H3. The fourth-order valence-corrected chi connectivity index (χ4v) is 1.18. The highest BCUT2D eigenvalue weighted by molar-refractivity contribution is 6.16. The van der Waals surface area contributed by atoms with Crippen LogP contribution in [0.25, 0.3) is 0 Å². The number of alkyl halides is 1. The fraction of sp³-hybridized carbons (Fsp3) is 0.625. The van der Waals surface area contributed by atoms with Crippen LogP contribution in [0.4, 0.5) is 0 Å². The number of aromatic nitrogens is 2. The Morgan fingerprint density at radius 3 is 2.55 bits per heavy atom. The van der Waals surface area contributed by atoms with Gasteiger partial charge in [-0.15, -0.1) is 11.6 Å². The predicted molar refractivity (Wildman–Crippen MR) is 46.9 cm³/mol. The fourth-order valence-electron chi connectivity index (χ4n) is 0.917. The lowest BCUT2D eigenvalue weighted by Crippen LogP contribution is -2.01. The Morgan fingerprint density at radius 1 is 1.64 bits per heavy atom. The third kappa shape index (κ3) is 1.74. The summed E-state index contributed by atoms with van der Waals surface area (Å²) >= 11 is 5.67. The van der Waals surface area contributed by atoms with Crippen LogP contribution in [0, 0.1) is 6.92 Å². The second-order valence-electron chi connectivity index (χ2n) is 2.97. The first-order valence-corrected chi connectivity index (χ1v) is 4.29. The quantitative estimate of drug-likeness (QED) is 0.627. The van der Waals surface area contributed by atoms with E-state index in [-0.39, 0.29) is 0 Å². The summed E-state index contributed by atoms with van der Waals surface area (Å²) in [5.41, 5.74) is 2.16. The first kappa shape index (κ1) is 8.60. The van der Waals surface area contributed by atoms with Gasteiger partial charge in [0.15, 0.2) is 0 Å². The smallest absolute Gasteiger partial charge is 0.0801 e. The number of hydrogen-bond acceptors (Lipinski definition) is 1. The summed E-state index contributed by atoms with van der Waals surface area (Å²) in [6.07, 6.45) is 2.03. The van der Waals surface area contributed by atoms with Crippen molar-refractivity contribution in [2.45, 2.75) is 32.7 Å². The molecular formula is C8H13ClN2. The zero-order valence-corrected chi connectivity index (χ0v) is 7.89. The molecule has 1 rings (SSSR count). The largest absolute Gasteiger partial charge is 0.270 e. The van der Waals surface area contributed by atoms with Crippen LogP contribution in [-0.4, -0.2) is 9.78 Å². The molecule has 0 amide bonds. The van der Waals surface area contributed by atoms with Crippen LogP contribution in [0.5, 0.6) is 0 Å². The molecule has 0 bridgehead atoms. The molecule has 0 aliphatic carbocycles. The Kier molecular flexibility index (Phi) is 2.55. The van der Waals surface area contributed by atoms with E-state index in [0.717, 1.165) is 5.69 Å². The van der Waals surface area contributed by atoms with Crippen LogP contribution < -0.4 is 0 Å². The molecule has 2 nitrogen and oxygen atoms in total. The van der Waals surface area contributed by atoms with Crippen LogP contribution in [0.3, 0.4) is 0 Å². The first-order valence-electron chi connectivity index (χ1n) is 3.75. The molecule has 0 aliphatic rings. The van der Waals surface area contributed by atoms with Gasteiger partial charge in [0.1, 0.15) is 0 Å². The van der Waals surface area contributed by atoms with E-state index in [9.17, 15) is 0 Å². The summed E-state index contributed by atoms with van der Waals surface area (Å²) in [6.45, 7) is 6.23. The first-order chi connectivity index (χ1) is 5.15. The number of aryl methyl sites for hydroxylation is 1. The summed E-state index contributed by atoms with van der Waals surface area (Å²) in [7, 11) is 0. The molecule has 62 valence electrons. The maximum Gasteiger partial charge on any atom is 0.0801 e. The summed E-state index contributed by atoms with van der Waals surface area (Å²) < 4.78 is 1.94. The van der Waals surface area contributed by atoms with Gasteiger partial charge in [0.2, 0.25) is 0 Å². The van der Waals surface area contributed by atoms with E-state index in [0.29, 0.717) is 11.9 Å². The van der Waals surface area contributed by atoms with Gasteiger partial charge in [-0.1, -0.05) is 0 Å². The zero-order chi connectivity index (χ0) is 8.43. The molecule has 11 heavy (non-hydrogen) atoms. The molecule has 0 saturated carbocycles. The van der Waals surface area contributed by atoms with Gasteiger partial charge in [0, 0.05) is 12.2 Å². The van der Waals surface area contributed by atoms with E-state index in [1.807, 2.05) is 17.8 Å². The summed E-state index contributed by atoms with van der Waals surface area (Å²) in [4.78, 5) is 0. The van der Waals surface area contributed by atoms with Crippen LogP contribution in [0.1, 0.15) is 31.1 Å². The normalized spacial score (nSPS) is 11.0. The maximum absolute atomic E-state index is 5.67. The summed E-state index contributed by atoms with van der Waals surface area (Å²) in [5, 5.41) is 4.31. The van der Waals surface area contributed by atoms with Crippen LogP contribution >= 0.6 is 11.6 Å². The van der Waals surface area contributed by atoms with Crippen molar-refractivity contribution in [1.82, 2.24) is 9.78 Å². The monoisotopic (exact) mass is 172 g/mol. The minimum atomic E-state index is 0.422. The Balaban J connectivity index is 2.95. The van der Waals surface area contributed by atoms with Crippen molar-refractivity contribution < 1.29 is 0 Å². The molecule has 0 saturated heterocycles. The van der Waals surface area contributed by atoms with Crippen molar-refractivity contribution in [1.29, 1.82) is 0 Å². The van der Waals surface area contributed by atoms with Crippen molar-refractivity contribution in [2.24, 2.45) is 0 Å². The van der Waals surface area contributed by atoms with E-state index >= 15 is 0 Å². The van der Waals surface area contributed by atoms with E-state index in [4.69, 9.17) is 11.6 Å². The molecule has 0 aliphatic heterocycles. The van der Waals surface area contributed by atoms with Crippen LogP contribution in [-0.2, 0) is 5.88 Å². The molecule has 1 heterocycles. The predicted octanol–water partition coefficient (Wildman–Crippen LogP) is 2.51. The maximum atomic E-state index is 5.67. The molecule has 0 N–H and O–H groups in total. The van der Waals surface area contributed by atoms with E-state index in [1.165, 1.54) is 5.56 Å². The van der Waals surface area contributed by atoms with Crippen LogP contribution in [0.2, 0.25) is 0 Å². The van der Waals surface area contributed by atoms with Gasteiger partial charge < -0.3 is 0 Å². The van der Waals surface area contributed by atoms with Gasteiger partial charge >= 0.3 is 0 Å². The van der Waals surface area contributed by atoms with Gasteiger partial charge in [-0.3, -0.25) is 4.68 Å². The van der Waals surface area contributed by atoms with Gasteiger partial charge in [0.05, 0.1) is 11.6 Å². The van der Waals surface area contributed by atoms with Crippen molar-refractivity contribution in [3.63, 3.8) is 0 Å². The molecule has 0 radical (unpaired) electrons. The summed E-state index contributed by atoms with van der Waals surface area (Å²) in [5.74, 6) is 0.506. The Labute approximate surface area is 72.2 Å². The second-order valence-corrected chi connectivity index (χ2v) is 3.23. The molecule has 0 unspecified atom stereocenters. The average molecular weight is 173 g/mol. The lowest BCUT2D eigenvalue weighted by atomic mass is 10.3. The van der Waals surface area contributed by atoms with E-state index < -0.39 is 0 Å². The molecule has 1 aromatic heterocycles. The van der Waals surface area contributed by atoms with E-state index in [2.05, 4.69) is 18.9 Å². The highest BCUT2D eigenvalue weighted by Gasteiger charge is 2.04. The number of rotatable bonds is 2. The van der Waals surface area contributed by atoms with Gasteiger partial charge in [-0.05, 0) is 26.3 Å². The Hall–Kier alpha value is -0.500. The Bertz CT molecular complexity index is 240. The molecule has 0 atom stereocenters. The molecule has 0 spiro atoms. The summed E-state index contributed by atoms with van der Waals surface area (Å²) in [6, 6.07) is 0.422. The lowest BCUT2D eigenvalue weighted by Gasteiger charge is -2.02. The highest BCUT2D eigenvalue weighted by atomic mass is 35.5. The Morgan fingerprint density at radius 2 is 2.27 bits per heavy atom. The molecule has 3 heteroatoms. The van der Waals surface area contributed by atoms with Gasteiger partial charge in [-0.2, -0.15) is 5.10 Å². The van der Waals surface area contributed by atoms with Crippen molar-refractivity contribution in [3.8, 4) is 0 Å². The van der Waals surface area contributed by atoms with E-state index in [1.54, 1.807) is 0 Å². The number of nitrogens with zero attached hydrogens (tertiary/aromatic N) is 2. The lowest BCUT2D eigenvalue weighted by molar-refractivity contribution is 0.528. The topological polar surface area (TPSA) is 17.8 Å². The highest BCUT2D eigenvalue weighted by Crippen LogP contribution is 2.11. The third-order valence-corrected chi connectivity index (χ3v) is 1.93. The minimum Gasteiger partial charge on any atom is -0.270 e. The average Bonchev–Trinajstić information content (AvgIpc) is 2.31. The molecule has 0 fully saturated rings. The van der Waals surface area contributed by atoms with Crippen LogP contribution in [0.15, 0.2) is 6.20 Å².